The van der Waals surface area contributed by atoms with Gasteiger partial charge in [0, 0.05) is 30.4 Å². The van der Waals surface area contributed by atoms with Gasteiger partial charge in [-0.3, -0.25) is 4.79 Å². The summed E-state index contributed by atoms with van der Waals surface area (Å²) in [6.45, 7) is 7.64. The van der Waals surface area contributed by atoms with Crippen LogP contribution in [0.25, 0.3) is 0 Å². The lowest BCUT2D eigenvalue weighted by Crippen LogP contribution is -2.17. The summed E-state index contributed by atoms with van der Waals surface area (Å²) >= 11 is 0. The predicted octanol–water partition coefficient (Wildman–Crippen LogP) is 3.83. The van der Waals surface area contributed by atoms with Gasteiger partial charge in [0.1, 0.15) is 5.75 Å². The molecule has 2 rings (SSSR count). The molecule has 1 atom stereocenters. The first-order valence-electron chi connectivity index (χ1n) is 7.79. The smallest absolute Gasteiger partial charge is 0.167 e. The van der Waals surface area contributed by atoms with E-state index in [1.165, 1.54) is 0 Å². The van der Waals surface area contributed by atoms with Gasteiger partial charge in [0.2, 0.25) is 0 Å². The number of benzene rings is 1. The van der Waals surface area contributed by atoms with Crippen molar-refractivity contribution in [3.63, 3.8) is 0 Å². The number of ketones is 1. The third-order valence-corrected chi connectivity index (χ3v) is 3.59. The molecule has 1 aromatic heterocycles. The van der Waals surface area contributed by atoms with Gasteiger partial charge in [0.25, 0.3) is 0 Å². The van der Waals surface area contributed by atoms with Crippen LogP contribution in [-0.4, -0.2) is 21.9 Å². The van der Waals surface area contributed by atoms with E-state index in [4.69, 9.17) is 4.74 Å². The number of rotatable bonds is 8. The molecule has 1 aromatic carbocycles. The van der Waals surface area contributed by atoms with Crippen molar-refractivity contribution >= 4 is 5.78 Å². The van der Waals surface area contributed by atoms with E-state index in [0.717, 1.165) is 17.7 Å². The van der Waals surface area contributed by atoms with Crippen LogP contribution >= 0.6 is 0 Å². The Labute approximate surface area is 132 Å². The molecule has 1 unspecified atom stereocenters. The lowest BCUT2D eigenvalue weighted by molar-refractivity contribution is 0.0918. The summed E-state index contributed by atoms with van der Waals surface area (Å²) < 4.78 is 7.60. The second-order valence-corrected chi connectivity index (χ2v) is 6.08. The Hall–Kier alpha value is -2.10. The Kier molecular flexibility index (Phi) is 5.75. The van der Waals surface area contributed by atoms with E-state index in [9.17, 15) is 4.79 Å². The minimum absolute atomic E-state index is 0.0816. The first-order valence-corrected chi connectivity index (χ1v) is 7.79. The van der Waals surface area contributed by atoms with Crippen LogP contribution < -0.4 is 4.74 Å². The van der Waals surface area contributed by atoms with Crippen molar-refractivity contribution in [1.82, 2.24) is 9.55 Å². The van der Waals surface area contributed by atoms with Gasteiger partial charge in [-0.1, -0.05) is 20.8 Å². The average Bonchev–Trinajstić information content (AvgIpc) is 3.00. The van der Waals surface area contributed by atoms with E-state index in [0.29, 0.717) is 19.1 Å². The highest BCUT2D eigenvalue weighted by molar-refractivity contribution is 5.97. The van der Waals surface area contributed by atoms with Crippen LogP contribution in [0.5, 0.6) is 5.75 Å². The van der Waals surface area contributed by atoms with Gasteiger partial charge in [0.15, 0.2) is 5.78 Å². The maximum absolute atomic E-state index is 12.4. The SMILES string of the molecule is CC(C)CCOc1ccc(C(=O)C(C)Cn2ccnc2)cc1. The zero-order valence-electron chi connectivity index (χ0n) is 13.5. The number of carbonyl (C=O) groups excluding carboxylic acids is 1. The fraction of sp³-hybridized carbons (Fsp3) is 0.444. The van der Waals surface area contributed by atoms with E-state index < -0.39 is 0 Å². The van der Waals surface area contributed by atoms with E-state index in [1.54, 1.807) is 12.5 Å². The number of hydrogen-bond acceptors (Lipinski definition) is 3. The second-order valence-electron chi connectivity index (χ2n) is 6.08. The molecular formula is C18H24N2O2. The van der Waals surface area contributed by atoms with Crippen LogP contribution in [0, 0.1) is 11.8 Å². The molecular weight excluding hydrogens is 276 g/mol. The summed E-state index contributed by atoms with van der Waals surface area (Å²) in [6, 6.07) is 7.43. The van der Waals surface area contributed by atoms with Crippen molar-refractivity contribution in [2.75, 3.05) is 6.61 Å². The molecule has 0 fully saturated rings. The van der Waals surface area contributed by atoms with Crippen molar-refractivity contribution in [2.45, 2.75) is 33.7 Å². The minimum Gasteiger partial charge on any atom is -0.494 e. The van der Waals surface area contributed by atoms with Crippen molar-refractivity contribution in [3.05, 3.63) is 48.5 Å². The number of aromatic nitrogens is 2. The normalized spacial score (nSPS) is 12.4. The molecule has 0 aliphatic carbocycles. The number of hydrogen-bond donors (Lipinski definition) is 0. The fourth-order valence-electron chi connectivity index (χ4n) is 2.21. The van der Waals surface area contributed by atoms with E-state index in [2.05, 4.69) is 18.8 Å². The second kappa shape index (κ2) is 7.78. The van der Waals surface area contributed by atoms with Gasteiger partial charge >= 0.3 is 0 Å². The first kappa shape index (κ1) is 16.3. The zero-order chi connectivity index (χ0) is 15.9. The number of nitrogens with zero attached hydrogens (tertiary/aromatic N) is 2. The summed E-state index contributed by atoms with van der Waals surface area (Å²) in [5.41, 5.74) is 0.726. The van der Waals surface area contributed by atoms with Gasteiger partial charge in [-0.2, -0.15) is 0 Å². The molecule has 4 nitrogen and oxygen atoms in total. The Balaban J connectivity index is 1.90. The molecule has 0 bridgehead atoms. The van der Waals surface area contributed by atoms with Crippen molar-refractivity contribution in [3.8, 4) is 5.75 Å². The van der Waals surface area contributed by atoms with Crippen LogP contribution in [-0.2, 0) is 6.54 Å². The molecule has 0 N–H and O–H groups in total. The summed E-state index contributed by atoms with van der Waals surface area (Å²) in [5.74, 6) is 1.51. The largest absolute Gasteiger partial charge is 0.494 e. The summed E-state index contributed by atoms with van der Waals surface area (Å²) in [6.07, 6.45) is 6.36. The Morgan fingerprint density at radius 2 is 1.95 bits per heavy atom. The highest BCUT2D eigenvalue weighted by Gasteiger charge is 2.15. The molecule has 22 heavy (non-hydrogen) atoms. The van der Waals surface area contributed by atoms with E-state index in [1.807, 2.05) is 42.0 Å². The monoisotopic (exact) mass is 300 g/mol. The third kappa shape index (κ3) is 4.72. The van der Waals surface area contributed by atoms with Gasteiger partial charge in [-0.15, -0.1) is 0 Å². The summed E-state index contributed by atoms with van der Waals surface area (Å²) in [5, 5.41) is 0. The quantitative estimate of drug-likeness (QED) is 0.696. The van der Waals surface area contributed by atoms with Gasteiger partial charge in [0.05, 0.1) is 12.9 Å². The Bertz CT molecular complexity index is 574. The number of Topliss-reactive ketones (excluding diaryl/α,β-unsaturated/α-hetero) is 1. The molecule has 4 heteroatoms. The van der Waals surface area contributed by atoms with Crippen LogP contribution in [0.1, 0.15) is 37.6 Å². The molecule has 0 saturated heterocycles. The fourth-order valence-corrected chi connectivity index (χ4v) is 2.21. The summed E-state index contributed by atoms with van der Waals surface area (Å²) in [7, 11) is 0. The van der Waals surface area contributed by atoms with Crippen molar-refractivity contribution in [2.24, 2.45) is 11.8 Å². The summed E-state index contributed by atoms with van der Waals surface area (Å²) in [4.78, 5) is 16.4. The topological polar surface area (TPSA) is 44.1 Å². The van der Waals surface area contributed by atoms with Gasteiger partial charge in [-0.05, 0) is 36.6 Å². The average molecular weight is 300 g/mol. The minimum atomic E-state index is -0.0816. The number of carbonyl (C=O) groups is 1. The van der Waals surface area contributed by atoms with E-state index >= 15 is 0 Å². The number of imidazole rings is 1. The highest BCUT2D eigenvalue weighted by Crippen LogP contribution is 2.17. The standard InChI is InChI=1S/C18H24N2O2/c1-14(2)8-11-22-17-6-4-16(5-7-17)18(21)15(3)12-20-10-9-19-13-20/h4-7,9-10,13-15H,8,11-12H2,1-3H3. The van der Waals surface area contributed by atoms with Crippen LogP contribution in [0.4, 0.5) is 0 Å². The van der Waals surface area contributed by atoms with E-state index in [-0.39, 0.29) is 11.7 Å². The molecule has 0 aliphatic heterocycles. The molecule has 0 amide bonds. The molecule has 0 aliphatic rings. The number of ether oxygens (including phenoxy) is 1. The molecule has 0 radical (unpaired) electrons. The highest BCUT2D eigenvalue weighted by atomic mass is 16.5. The van der Waals surface area contributed by atoms with Gasteiger partial charge < -0.3 is 9.30 Å². The van der Waals surface area contributed by atoms with Crippen LogP contribution in [0.3, 0.4) is 0 Å². The molecule has 2 aromatic rings. The predicted molar refractivity (Wildman–Crippen MR) is 87.1 cm³/mol. The Morgan fingerprint density at radius 3 is 2.55 bits per heavy atom. The molecule has 1 heterocycles. The third-order valence-electron chi connectivity index (χ3n) is 3.59. The maximum Gasteiger partial charge on any atom is 0.167 e. The lowest BCUT2D eigenvalue weighted by Gasteiger charge is -2.12. The van der Waals surface area contributed by atoms with Crippen molar-refractivity contribution in [1.29, 1.82) is 0 Å². The zero-order valence-corrected chi connectivity index (χ0v) is 13.5. The maximum atomic E-state index is 12.4. The first-order chi connectivity index (χ1) is 10.6. The van der Waals surface area contributed by atoms with Gasteiger partial charge in [-0.25, -0.2) is 4.98 Å². The van der Waals surface area contributed by atoms with Crippen LogP contribution in [0.2, 0.25) is 0 Å². The Morgan fingerprint density at radius 1 is 1.23 bits per heavy atom. The lowest BCUT2D eigenvalue weighted by atomic mass is 9.99. The molecule has 0 spiro atoms. The molecule has 0 saturated carbocycles. The van der Waals surface area contributed by atoms with Crippen molar-refractivity contribution < 1.29 is 9.53 Å². The van der Waals surface area contributed by atoms with Crippen LogP contribution in [0.15, 0.2) is 43.0 Å². The molecule has 118 valence electrons.